The third-order valence-corrected chi connectivity index (χ3v) is 3.41. The number of hydrogen-bond acceptors (Lipinski definition) is 2. The zero-order valence-electron chi connectivity index (χ0n) is 8.74. The van der Waals surface area contributed by atoms with Crippen LogP contribution in [0.3, 0.4) is 0 Å². The van der Waals surface area contributed by atoms with Crippen LogP contribution in [0.4, 0.5) is 0 Å². The van der Waals surface area contributed by atoms with Gasteiger partial charge in [-0.1, -0.05) is 0 Å². The molecule has 0 aromatic rings. The molecule has 0 unspecified atom stereocenters. The van der Waals surface area contributed by atoms with Gasteiger partial charge in [0.2, 0.25) is 5.91 Å². The normalized spacial score (nSPS) is 30.1. The molecule has 0 bridgehead atoms. The van der Waals surface area contributed by atoms with E-state index in [4.69, 9.17) is 5.11 Å². The number of carbonyl (C=O) groups is 2. The van der Waals surface area contributed by atoms with Crippen LogP contribution in [-0.4, -0.2) is 23.5 Å². The third kappa shape index (κ3) is 2.70. The van der Waals surface area contributed by atoms with Gasteiger partial charge in [0.25, 0.3) is 0 Å². The summed E-state index contributed by atoms with van der Waals surface area (Å²) in [6.45, 7) is 0.785. The molecule has 1 amide bonds. The first kappa shape index (κ1) is 10.5. The zero-order chi connectivity index (χ0) is 10.8. The summed E-state index contributed by atoms with van der Waals surface area (Å²) in [4.78, 5) is 22.4. The van der Waals surface area contributed by atoms with Gasteiger partial charge in [0.15, 0.2) is 0 Å². The Morgan fingerprint density at radius 2 is 1.80 bits per heavy atom. The predicted molar refractivity (Wildman–Crippen MR) is 54.2 cm³/mol. The van der Waals surface area contributed by atoms with Crippen molar-refractivity contribution in [1.82, 2.24) is 5.32 Å². The van der Waals surface area contributed by atoms with Crippen LogP contribution in [0.5, 0.6) is 0 Å². The van der Waals surface area contributed by atoms with Crippen molar-refractivity contribution in [2.75, 3.05) is 6.54 Å². The molecule has 0 aromatic carbocycles. The molecule has 2 saturated carbocycles. The summed E-state index contributed by atoms with van der Waals surface area (Å²) in [5.41, 5.74) is 0. The quantitative estimate of drug-likeness (QED) is 0.729. The minimum atomic E-state index is -0.757. The fourth-order valence-corrected chi connectivity index (χ4v) is 2.16. The van der Waals surface area contributed by atoms with Crippen LogP contribution in [-0.2, 0) is 9.59 Å². The summed E-state index contributed by atoms with van der Waals surface area (Å²) in [6, 6.07) is 0. The maximum Gasteiger partial charge on any atom is 0.306 e. The molecule has 15 heavy (non-hydrogen) atoms. The number of carboxylic acids is 1. The van der Waals surface area contributed by atoms with Crippen molar-refractivity contribution >= 4 is 11.9 Å². The molecule has 0 radical (unpaired) electrons. The molecule has 0 heterocycles. The van der Waals surface area contributed by atoms with E-state index >= 15 is 0 Å². The van der Waals surface area contributed by atoms with Crippen molar-refractivity contribution < 1.29 is 14.7 Å². The lowest BCUT2D eigenvalue weighted by atomic mass is 10.0. The first-order chi connectivity index (χ1) is 7.16. The van der Waals surface area contributed by atoms with Crippen molar-refractivity contribution in [3.05, 3.63) is 0 Å². The number of aliphatic carboxylic acids is 1. The molecule has 4 heteroatoms. The molecule has 0 aliphatic heterocycles. The number of nitrogens with one attached hydrogen (secondary N) is 1. The van der Waals surface area contributed by atoms with Crippen molar-refractivity contribution in [3.8, 4) is 0 Å². The summed E-state index contributed by atoms with van der Waals surface area (Å²) in [7, 11) is 0. The molecule has 2 N–H and O–H groups in total. The lowest BCUT2D eigenvalue weighted by Gasteiger charge is -2.09. The number of amides is 1. The van der Waals surface area contributed by atoms with E-state index in [1.807, 2.05) is 0 Å². The Morgan fingerprint density at radius 1 is 1.13 bits per heavy atom. The van der Waals surface area contributed by atoms with Crippen molar-refractivity contribution in [3.63, 3.8) is 0 Å². The van der Waals surface area contributed by atoms with Crippen molar-refractivity contribution in [2.24, 2.45) is 17.8 Å². The summed E-state index contributed by atoms with van der Waals surface area (Å²) in [5.74, 6) is -0.379. The van der Waals surface area contributed by atoms with E-state index in [2.05, 4.69) is 5.32 Å². The molecule has 0 saturated heterocycles. The highest BCUT2D eigenvalue weighted by atomic mass is 16.4. The van der Waals surface area contributed by atoms with Crippen LogP contribution >= 0.6 is 0 Å². The maximum absolute atomic E-state index is 11.6. The molecule has 0 aromatic heterocycles. The monoisotopic (exact) mass is 211 g/mol. The van der Waals surface area contributed by atoms with Gasteiger partial charge in [-0.3, -0.25) is 9.59 Å². The van der Waals surface area contributed by atoms with E-state index < -0.39 is 5.97 Å². The van der Waals surface area contributed by atoms with Gasteiger partial charge in [0.05, 0.1) is 5.92 Å². The van der Waals surface area contributed by atoms with E-state index in [1.165, 1.54) is 12.8 Å². The van der Waals surface area contributed by atoms with E-state index in [-0.39, 0.29) is 17.7 Å². The lowest BCUT2D eigenvalue weighted by Crippen LogP contribution is -2.31. The maximum atomic E-state index is 11.6. The Morgan fingerprint density at radius 3 is 2.33 bits per heavy atom. The zero-order valence-corrected chi connectivity index (χ0v) is 8.74. The van der Waals surface area contributed by atoms with Gasteiger partial charge in [-0.25, -0.2) is 0 Å². The summed E-state index contributed by atoms with van der Waals surface area (Å²) in [5, 5.41) is 11.7. The molecule has 2 rings (SSSR count). The number of carboxylic acid groups (broad SMARTS) is 1. The topological polar surface area (TPSA) is 66.4 Å². The van der Waals surface area contributed by atoms with E-state index in [9.17, 15) is 9.59 Å². The highest BCUT2D eigenvalue weighted by molar-refractivity contribution is 5.80. The first-order valence-electron chi connectivity index (χ1n) is 5.67. The smallest absolute Gasteiger partial charge is 0.306 e. The molecule has 2 fully saturated rings. The van der Waals surface area contributed by atoms with Gasteiger partial charge < -0.3 is 10.4 Å². The Kier molecular flexibility index (Phi) is 2.93. The molecule has 0 spiro atoms. The number of hydrogen-bond donors (Lipinski definition) is 2. The van der Waals surface area contributed by atoms with Crippen LogP contribution in [0.1, 0.15) is 32.1 Å². The standard InChI is InChI=1S/C11H17NO3/c13-10(12-6-7-1-2-7)8-3-4-9(5-8)11(14)15/h7-9H,1-6H2,(H,12,13)(H,14,15)/t8-,9+/m0/s1. The van der Waals surface area contributed by atoms with Gasteiger partial charge in [-0.05, 0) is 38.0 Å². The fourth-order valence-electron chi connectivity index (χ4n) is 2.16. The van der Waals surface area contributed by atoms with Crippen LogP contribution in [0.25, 0.3) is 0 Å². The summed E-state index contributed by atoms with van der Waals surface area (Å²) >= 11 is 0. The molecule has 2 atom stereocenters. The van der Waals surface area contributed by atoms with Crippen molar-refractivity contribution in [1.29, 1.82) is 0 Å². The second-order valence-electron chi connectivity index (χ2n) is 4.73. The SMILES string of the molecule is O=C(O)[C@@H]1CC[C@H](C(=O)NCC2CC2)C1. The van der Waals surface area contributed by atoms with Crippen LogP contribution < -0.4 is 5.32 Å². The number of carbonyl (C=O) groups excluding carboxylic acids is 1. The largest absolute Gasteiger partial charge is 0.481 e. The van der Waals surface area contributed by atoms with Gasteiger partial charge in [-0.15, -0.1) is 0 Å². The van der Waals surface area contributed by atoms with Crippen LogP contribution in [0.2, 0.25) is 0 Å². The Balaban J connectivity index is 1.73. The summed E-state index contributed by atoms with van der Waals surface area (Å²) in [6.07, 6.45) is 4.35. The highest BCUT2D eigenvalue weighted by Crippen LogP contribution is 2.32. The van der Waals surface area contributed by atoms with E-state index in [0.717, 1.165) is 13.0 Å². The highest BCUT2D eigenvalue weighted by Gasteiger charge is 2.34. The Hall–Kier alpha value is -1.06. The molecule has 4 nitrogen and oxygen atoms in total. The predicted octanol–water partition coefficient (Wildman–Crippen LogP) is 1.01. The average Bonchev–Trinajstić information content (AvgIpc) is 2.88. The molecule has 84 valence electrons. The van der Waals surface area contributed by atoms with Gasteiger partial charge >= 0.3 is 5.97 Å². The van der Waals surface area contributed by atoms with Gasteiger partial charge in [0, 0.05) is 12.5 Å². The molecule has 2 aliphatic carbocycles. The van der Waals surface area contributed by atoms with Crippen molar-refractivity contribution in [2.45, 2.75) is 32.1 Å². The minimum Gasteiger partial charge on any atom is -0.481 e. The van der Waals surface area contributed by atoms with Gasteiger partial charge in [-0.2, -0.15) is 0 Å². The van der Waals surface area contributed by atoms with E-state index in [0.29, 0.717) is 18.8 Å². The second kappa shape index (κ2) is 4.21. The molecular formula is C11H17NO3. The van der Waals surface area contributed by atoms with E-state index in [1.54, 1.807) is 0 Å². The van der Waals surface area contributed by atoms with Crippen LogP contribution in [0.15, 0.2) is 0 Å². The Bertz CT molecular complexity index is 273. The van der Waals surface area contributed by atoms with Gasteiger partial charge in [0.1, 0.15) is 0 Å². The van der Waals surface area contributed by atoms with Crippen LogP contribution in [0, 0.1) is 17.8 Å². The average molecular weight is 211 g/mol. The lowest BCUT2D eigenvalue weighted by molar-refractivity contribution is -0.141. The fraction of sp³-hybridized carbons (Fsp3) is 0.818. The first-order valence-corrected chi connectivity index (χ1v) is 5.67. The third-order valence-electron chi connectivity index (χ3n) is 3.41. The Labute approximate surface area is 89.0 Å². The summed E-state index contributed by atoms with van der Waals surface area (Å²) < 4.78 is 0. The minimum absolute atomic E-state index is 0.0608. The number of rotatable bonds is 4. The second-order valence-corrected chi connectivity index (χ2v) is 4.73. The molecule has 2 aliphatic rings. The molecular weight excluding hydrogens is 194 g/mol.